The van der Waals surface area contributed by atoms with Gasteiger partial charge in [-0.2, -0.15) is 0 Å². The molecule has 7 heteroatoms. The number of hydrogen-bond acceptors (Lipinski definition) is 5. The lowest BCUT2D eigenvalue weighted by molar-refractivity contribution is 0.0126. The molecule has 0 bridgehead atoms. The van der Waals surface area contributed by atoms with Gasteiger partial charge in [-0.3, -0.25) is 10.2 Å². The van der Waals surface area contributed by atoms with Crippen LogP contribution in [0.4, 0.5) is 0 Å². The molecule has 1 N–H and O–H groups in total. The molecular formula is C19H21ClN2O4. The third-order valence-corrected chi connectivity index (χ3v) is 4.41. The smallest absolute Gasteiger partial charge is 0.265 e. The molecule has 6 nitrogen and oxygen atoms in total. The minimum atomic E-state index is -0.192. The number of hydrazine groups is 1. The molecule has 3 rings (SSSR count). The molecule has 1 heterocycles. The van der Waals surface area contributed by atoms with Gasteiger partial charge in [-0.15, -0.1) is 0 Å². The molecule has 138 valence electrons. The fourth-order valence-electron chi connectivity index (χ4n) is 2.58. The number of rotatable bonds is 6. The van der Waals surface area contributed by atoms with Crippen molar-refractivity contribution in [2.75, 3.05) is 33.4 Å². The Hall–Kier alpha value is -2.28. The molecule has 1 aliphatic rings. The monoisotopic (exact) mass is 376 g/mol. The van der Waals surface area contributed by atoms with Gasteiger partial charge in [-0.1, -0.05) is 29.8 Å². The molecule has 0 spiro atoms. The van der Waals surface area contributed by atoms with Crippen LogP contribution in [0, 0.1) is 0 Å². The van der Waals surface area contributed by atoms with Gasteiger partial charge in [0.25, 0.3) is 5.91 Å². The van der Waals surface area contributed by atoms with Gasteiger partial charge >= 0.3 is 0 Å². The number of hydrogen-bond donors (Lipinski definition) is 1. The van der Waals surface area contributed by atoms with Gasteiger partial charge in [-0.05, 0) is 24.3 Å². The molecule has 1 aliphatic heterocycles. The lowest BCUT2D eigenvalue weighted by atomic mass is 10.2. The van der Waals surface area contributed by atoms with Crippen molar-refractivity contribution in [1.29, 1.82) is 0 Å². The van der Waals surface area contributed by atoms with E-state index in [1.807, 2.05) is 29.3 Å². The van der Waals surface area contributed by atoms with E-state index in [9.17, 15) is 4.79 Å². The van der Waals surface area contributed by atoms with Gasteiger partial charge in [0.1, 0.15) is 6.61 Å². The average molecular weight is 377 g/mol. The number of carbonyl (C=O) groups excluding carboxylic acids is 1. The minimum Gasteiger partial charge on any atom is -0.493 e. The molecule has 0 unspecified atom stereocenters. The second-order valence-electron chi connectivity index (χ2n) is 5.79. The molecule has 0 atom stereocenters. The Labute approximate surface area is 157 Å². The fraction of sp³-hybridized carbons (Fsp3) is 0.316. The maximum absolute atomic E-state index is 12.4. The van der Waals surface area contributed by atoms with Crippen molar-refractivity contribution < 1.29 is 19.0 Å². The second kappa shape index (κ2) is 8.89. The number of halogens is 1. The van der Waals surface area contributed by atoms with Gasteiger partial charge in [0.05, 0.1) is 20.3 Å². The zero-order valence-corrected chi connectivity index (χ0v) is 15.3. The van der Waals surface area contributed by atoms with Crippen molar-refractivity contribution in [2.24, 2.45) is 0 Å². The number of nitrogens with one attached hydrogen (secondary N) is 1. The topological polar surface area (TPSA) is 60.0 Å². The van der Waals surface area contributed by atoms with Gasteiger partial charge in [0.15, 0.2) is 11.5 Å². The SMILES string of the molecule is COc1cc(C(=O)NN2CCOCC2)ccc1OCc1ccccc1Cl. The van der Waals surface area contributed by atoms with Crippen LogP contribution >= 0.6 is 11.6 Å². The molecule has 2 aromatic carbocycles. The third-order valence-electron chi connectivity index (χ3n) is 4.04. The van der Waals surface area contributed by atoms with Crippen LogP contribution in [-0.2, 0) is 11.3 Å². The zero-order chi connectivity index (χ0) is 18.4. The van der Waals surface area contributed by atoms with E-state index in [4.69, 9.17) is 25.8 Å². The molecule has 1 saturated heterocycles. The van der Waals surface area contributed by atoms with Gasteiger partial charge in [0.2, 0.25) is 0 Å². The van der Waals surface area contributed by atoms with Crippen LogP contribution in [0.15, 0.2) is 42.5 Å². The molecule has 1 amide bonds. The van der Waals surface area contributed by atoms with Crippen molar-refractivity contribution in [3.8, 4) is 11.5 Å². The van der Waals surface area contributed by atoms with Crippen molar-refractivity contribution in [1.82, 2.24) is 10.4 Å². The summed E-state index contributed by atoms with van der Waals surface area (Å²) in [4.78, 5) is 12.4. The number of morpholine rings is 1. The number of benzene rings is 2. The first-order chi connectivity index (χ1) is 12.7. The van der Waals surface area contributed by atoms with Crippen LogP contribution in [0.1, 0.15) is 15.9 Å². The summed E-state index contributed by atoms with van der Waals surface area (Å²) in [7, 11) is 1.54. The van der Waals surface area contributed by atoms with Crippen LogP contribution in [0.2, 0.25) is 5.02 Å². The number of carbonyl (C=O) groups is 1. The Morgan fingerprint density at radius 1 is 1.19 bits per heavy atom. The van der Waals surface area contributed by atoms with Crippen molar-refractivity contribution in [3.05, 3.63) is 58.6 Å². The van der Waals surface area contributed by atoms with E-state index in [2.05, 4.69) is 5.43 Å². The van der Waals surface area contributed by atoms with E-state index in [-0.39, 0.29) is 5.91 Å². The van der Waals surface area contributed by atoms with Crippen LogP contribution in [0.25, 0.3) is 0 Å². The average Bonchev–Trinajstić information content (AvgIpc) is 2.68. The largest absolute Gasteiger partial charge is 0.493 e. The van der Waals surface area contributed by atoms with E-state index in [1.54, 1.807) is 25.3 Å². The molecular weight excluding hydrogens is 356 g/mol. The molecule has 0 aromatic heterocycles. The van der Waals surface area contributed by atoms with Gasteiger partial charge in [-0.25, -0.2) is 5.01 Å². The lowest BCUT2D eigenvalue weighted by Crippen LogP contribution is -2.48. The summed E-state index contributed by atoms with van der Waals surface area (Å²) in [5.74, 6) is 0.852. The summed E-state index contributed by atoms with van der Waals surface area (Å²) >= 11 is 6.15. The Balaban J connectivity index is 1.67. The summed E-state index contributed by atoms with van der Waals surface area (Å²) in [6.45, 7) is 2.87. The van der Waals surface area contributed by atoms with Crippen LogP contribution < -0.4 is 14.9 Å². The highest BCUT2D eigenvalue weighted by Crippen LogP contribution is 2.29. The predicted molar refractivity (Wildman–Crippen MR) is 98.6 cm³/mol. The highest BCUT2D eigenvalue weighted by molar-refractivity contribution is 6.31. The van der Waals surface area contributed by atoms with Gasteiger partial charge < -0.3 is 14.2 Å². The standard InChI is InChI=1S/C19H21ClN2O4/c1-24-18-12-14(19(23)21-22-8-10-25-11-9-22)6-7-17(18)26-13-15-4-2-3-5-16(15)20/h2-7,12H,8-11,13H2,1H3,(H,21,23). The quantitative estimate of drug-likeness (QED) is 0.840. The van der Waals surface area contributed by atoms with Crippen LogP contribution in [0.5, 0.6) is 11.5 Å². The third kappa shape index (κ3) is 4.66. The first-order valence-electron chi connectivity index (χ1n) is 8.35. The number of amides is 1. The molecule has 0 aliphatic carbocycles. The second-order valence-corrected chi connectivity index (χ2v) is 6.19. The summed E-state index contributed by atoms with van der Waals surface area (Å²) in [6.07, 6.45) is 0. The highest BCUT2D eigenvalue weighted by Gasteiger charge is 2.16. The fourth-order valence-corrected chi connectivity index (χ4v) is 2.77. The first kappa shape index (κ1) is 18.5. The maximum Gasteiger partial charge on any atom is 0.265 e. The molecule has 1 fully saturated rings. The van der Waals surface area contributed by atoms with Crippen LogP contribution in [-0.4, -0.2) is 44.3 Å². The minimum absolute atomic E-state index is 0.192. The maximum atomic E-state index is 12.4. The summed E-state index contributed by atoms with van der Waals surface area (Å²) < 4.78 is 16.5. The van der Waals surface area contributed by atoms with Gasteiger partial charge in [0, 0.05) is 29.2 Å². The Kier molecular flexibility index (Phi) is 6.33. The number of ether oxygens (including phenoxy) is 3. The van der Waals surface area contributed by atoms with E-state index >= 15 is 0 Å². The molecule has 2 aromatic rings. The lowest BCUT2D eigenvalue weighted by Gasteiger charge is -2.27. The molecule has 0 radical (unpaired) electrons. The predicted octanol–water partition coefficient (Wildman–Crippen LogP) is 2.90. The van der Waals surface area contributed by atoms with Crippen molar-refractivity contribution in [2.45, 2.75) is 6.61 Å². The highest BCUT2D eigenvalue weighted by atomic mass is 35.5. The Morgan fingerprint density at radius 2 is 1.96 bits per heavy atom. The van der Waals surface area contributed by atoms with Crippen molar-refractivity contribution in [3.63, 3.8) is 0 Å². The van der Waals surface area contributed by atoms with E-state index < -0.39 is 0 Å². The first-order valence-corrected chi connectivity index (χ1v) is 8.73. The molecule has 26 heavy (non-hydrogen) atoms. The van der Waals surface area contributed by atoms with Crippen LogP contribution in [0.3, 0.4) is 0 Å². The number of methoxy groups -OCH3 is 1. The Bertz CT molecular complexity index is 763. The van der Waals surface area contributed by atoms with Crippen molar-refractivity contribution >= 4 is 17.5 Å². The number of nitrogens with zero attached hydrogens (tertiary/aromatic N) is 1. The summed E-state index contributed by atoms with van der Waals surface area (Å²) in [5.41, 5.74) is 4.25. The van der Waals surface area contributed by atoms with E-state index in [0.29, 0.717) is 55.0 Å². The van der Waals surface area contributed by atoms with E-state index in [1.165, 1.54) is 0 Å². The Morgan fingerprint density at radius 3 is 2.69 bits per heavy atom. The summed E-state index contributed by atoms with van der Waals surface area (Å²) in [6, 6.07) is 12.6. The normalized spacial score (nSPS) is 14.7. The molecule has 0 saturated carbocycles. The summed E-state index contributed by atoms with van der Waals surface area (Å²) in [5, 5.41) is 2.49. The van der Waals surface area contributed by atoms with E-state index in [0.717, 1.165) is 5.56 Å². The zero-order valence-electron chi connectivity index (χ0n) is 14.5.